The molecule has 0 aliphatic heterocycles. The molecule has 0 spiro atoms. The third-order valence-corrected chi connectivity index (χ3v) is 10.2. The number of allylic oxidation sites excluding steroid dienone is 3. The summed E-state index contributed by atoms with van der Waals surface area (Å²) in [5, 5.41) is 18.3. The van der Waals surface area contributed by atoms with Crippen molar-refractivity contribution in [2.75, 3.05) is 26.4 Å². The van der Waals surface area contributed by atoms with Gasteiger partial charge in [0.25, 0.3) is 0 Å². The molecule has 0 rings (SSSR count). The van der Waals surface area contributed by atoms with E-state index >= 15 is 0 Å². The summed E-state index contributed by atoms with van der Waals surface area (Å²) in [6.07, 6.45) is 40.8. The highest BCUT2D eigenvalue weighted by molar-refractivity contribution is 7.47. The maximum atomic E-state index is 12.6. The van der Waals surface area contributed by atoms with Crippen LogP contribution < -0.4 is 0 Å². The molecule has 0 aromatic heterocycles. The number of carbonyl (C=O) groups is 1. The summed E-state index contributed by atoms with van der Waals surface area (Å²) in [7, 11) is -4.53. The monoisotopic (exact) mass is 761 g/mol. The fraction of sp³-hybridized carbons (Fsp3) is 0.881. The van der Waals surface area contributed by atoms with E-state index in [9.17, 15) is 19.4 Å². The second-order valence-corrected chi connectivity index (χ2v) is 15.9. The molecule has 3 N–H and O–H groups in total. The van der Waals surface area contributed by atoms with Crippen molar-refractivity contribution in [1.82, 2.24) is 0 Å². The first-order chi connectivity index (χ1) is 25.3. The molecular weight excluding hydrogens is 679 g/mol. The predicted octanol–water partition coefficient (Wildman–Crippen LogP) is 11.8. The summed E-state index contributed by atoms with van der Waals surface area (Å²) in [4.78, 5) is 22.5. The maximum absolute atomic E-state index is 12.6. The lowest BCUT2D eigenvalue weighted by molar-refractivity contribution is -0.153. The predicted molar refractivity (Wildman–Crippen MR) is 214 cm³/mol. The SMILES string of the molecule is CCCCCCCC/C=C\CCCCCCCC(=O)O[C@H](CO/C=C\CCCCCCCCCCCCCCCC)COP(=O)(O)OC[C@@H](O)CO. The van der Waals surface area contributed by atoms with Crippen LogP contribution in [0.5, 0.6) is 0 Å². The van der Waals surface area contributed by atoms with Crippen molar-refractivity contribution in [2.24, 2.45) is 0 Å². The Bertz CT molecular complexity index is 866. The average molecular weight is 761 g/mol. The molecule has 52 heavy (non-hydrogen) atoms. The Morgan fingerprint density at radius 2 is 0.981 bits per heavy atom. The van der Waals surface area contributed by atoms with Crippen LogP contribution in [0.3, 0.4) is 0 Å². The van der Waals surface area contributed by atoms with E-state index < -0.39 is 45.8 Å². The first-order valence-corrected chi connectivity index (χ1v) is 22.9. The van der Waals surface area contributed by atoms with Crippen LogP contribution in [0.25, 0.3) is 0 Å². The minimum Gasteiger partial charge on any atom is -0.498 e. The van der Waals surface area contributed by atoms with Gasteiger partial charge in [-0.05, 0) is 51.0 Å². The topological polar surface area (TPSA) is 132 Å². The van der Waals surface area contributed by atoms with E-state index in [1.165, 1.54) is 128 Å². The summed E-state index contributed by atoms with van der Waals surface area (Å²) in [6, 6.07) is 0. The van der Waals surface area contributed by atoms with Gasteiger partial charge in [-0.15, -0.1) is 0 Å². The molecule has 0 amide bonds. The largest absolute Gasteiger partial charge is 0.498 e. The Hall–Kier alpha value is -1.22. The Kier molecular flexibility index (Phi) is 38.5. The molecule has 0 heterocycles. The van der Waals surface area contributed by atoms with Gasteiger partial charge in [-0.2, -0.15) is 0 Å². The molecule has 0 bridgehead atoms. The van der Waals surface area contributed by atoms with Crippen molar-refractivity contribution in [3.63, 3.8) is 0 Å². The van der Waals surface area contributed by atoms with Crippen molar-refractivity contribution in [3.05, 3.63) is 24.5 Å². The highest BCUT2D eigenvalue weighted by atomic mass is 31.2. The number of unbranched alkanes of at least 4 members (excludes halogenated alkanes) is 25. The van der Waals surface area contributed by atoms with Gasteiger partial charge in [-0.3, -0.25) is 13.8 Å². The third kappa shape index (κ3) is 38.5. The van der Waals surface area contributed by atoms with Gasteiger partial charge in [0.1, 0.15) is 12.7 Å². The molecular formula is C42H81O9P. The fourth-order valence-corrected chi connectivity index (χ4v) is 6.69. The minimum absolute atomic E-state index is 0.0351. The molecule has 0 aromatic rings. The number of carbonyl (C=O) groups excluding carboxylic acids is 1. The molecule has 0 saturated carbocycles. The van der Waals surface area contributed by atoms with Gasteiger partial charge in [-0.25, -0.2) is 4.57 Å². The summed E-state index contributed by atoms with van der Waals surface area (Å²) in [5.41, 5.74) is 0. The summed E-state index contributed by atoms with van der Waals surface area (Å²) in [6.45, 7) is 2.88. The van der Waals surface area contributed by atoms with Gasteiger partial charge in [0, 0.05) is 6.42 Å². The zero-order chi connectivity index (χ0) is 38.2. The molecule has 1 unspecified atom stereocenters. The number of aliphatic hydroxyl groups excluding tert-OH is 2. The van der Waals surface area contributed by atoms with Gasteiger partial charge >= 0.3 is 13.8 Å². The molecule has 0 aliphatic rings. The lowest BCUT2D eigenvalue weighted by Gasteiger charge is -2.20. The lowest BCUT2D eigenvalue weighted by atomic mass is 10.0. The standard InChI is InChI=1S/C42H81O9P/c1-3-5-7-9-11-13-15-17-19-21-23-25-27-29-31-33-35-48-38-41(39-50-52(46,47)49-37-40(44)36-43)51-42(45)34-32-30-28-26-24-22-20-18-16-14-12-10-8-6-4-2/h18,20,33,35,40-41,43-44H,3-17,19,21-32,34,36-39H2,1-2H3,(H,46,47)/b20-18-,35-33-/t40-,41+/m0/s1. The van der Waals surface area contributed by atoms with Crippen molar-refractivity contribution in [1.29, 1.82) is 0 Å². The van der Waals surface area contributed by atoms with Crippen molar-refractivity contribution >= 4 is 13.8 Å². The number of hydrogen-bond donors (Lipinski definition) is 3. The molecule has 3 atom stereocenters. The first-order valence-electron chi connectivity index (χ1n) is 21.4. The van der Waals surface area contributed by atoms with Crippen molar-refractivity contribution in [3.8, 4) is 0 Å². The van der Waals surface area contributed by atoms with E-state index in [1.807, 2.05) is 6.08 Å². The molecule has 308 valence electrons. The third-order valence-electron chi connectivity index (χ3n) is 9.20. The molecule has 0 aromatic carbocycles. The number of rotatable bonds is 41. The zero-order valence-electron chi connectivity index (χ0n) is 33.5. The van der Waals surface area contributed by atoms with Gasteiger partial charge in [0.05, 0.1) is 26.1 Å². The lowest BCUT2D eigenvalue weighted by Crippen LogP contribution is -2.28. The number of ether oxygens (including phenoxy) is 2. The van der Waals surface area contributed by atoms with Crippen LogP contribution in [0.2, 0.25) is 0 Å². The Balaban J connectivity index is 4.23. The van der Waals surface area contributed by atoms with Crippen LogP contribution in [-0.4, -0.2) is 59.7 Å². The van der Waals surface area contributed by atoms with Crippen molar-refractivity contribution < 1.29 is 43.0 Å². The van der Waals surface area contributed by atoms with Crippen LogP contribution in [0.1, 0.15) is 200 Å². The maximum Gasteiger partial charge on any atom is 0.472 e. The smallest absolute Gasteiger partial charge is 0.472 e. The highest BCUT2D eigenvalue weighted by Gasteiger charge is 2.26. The number of aliphatic hydroxyl groups is 2. The van der Waals surface area contributed by atoms with E-state index in [0.717, 1.165) is 44.9 Å². The van der Waals surface area contributed by atoms with Gasteiger partial charge in [0.2, 0.25) is 0 Å². The van der Waals surface area contributed by atoms with E-state index in [-0.39, 0.29) is 13.0 Å². The van der Waals surface area contributed by atoms with Crippen LogP contribution >= 0.6 is 7.82 Å². The Labute approximate surface area is 319 Å². The Morgan fingerprint density at radius 1 is 0.577 bits per heavy atom. The van der Waals surface area contributed by atoms with Gasteiger partial charge in [-0.1, -0.05) is 161 Å². The van der Waals surface area contributed by atoms with E-state index in [0.29, 0.717) is 6.42 Å². The van der Waals surface area contributed by atoms with Crippen LogP contribution in [0, 0.1) is 0 Å². The van der Waals surface area contributed by atoms with Crippen molar-refractivity contribution in [2.45, 2.75) is 212 Å². The summed E-state index contributed by atoms with van der Waals surface area (Å²) < 4.78 is 33.1. The number of phosphoric ester groups is 1. The summed E-state index contributed by atoms with van der Waals surface area (Å²) in [5.74, 6) is -0.411. The second-order valence-electron chi connectivity index (χ2n) is 14.4. The first kappa shape index (κ1) is 50.8. The van der Waals surface area contributed by atoms with Crippen LogP contribution in [0.15, 0.2) is 24.5 Å². The Morgan fingerprint density at radius 3 is 1.44 bits per heavy atom. The molecule has 0 fully saturated rings. The molecule has 0 aliphatic carbocycles. The normalized spacial score (nSPS) is 14.2. The van der Waals surface area contributed by atoms with E-state index in [1.54, 1.807) is 6.26 Å². The van der Waals surface area contributed by atoms with Gasteiger partial charge in [0.15, 0.2) is 6.10 Å². The van der Waals surface area contributed by atoms with E-state index in [4.69, 9.17) is 23.6 Å². The van der Waals surface area contributed by atoms with E-state index in [2.05, 4.69) is 26.0 Å². The molecule has 0 radical (unpaired) electrons. The molecule has 0 saturated heterocycles. The fourth-order valence-electron chi connectivity index (χ4n) is 5.90. The number of phosphoric acid groups is 1. The minimum atomic E-state index is -4.53. The second kappa shape index (κ2) is 39.5. The molecule has 10 heteroatoms. The average Bonchev–Trinajstić information content (AvgIpc) is 3.13. The molecule has 9 nitrogen and oxygen atoms in total. The van der Waals surface area contributed by atoms with Crippen LogP contribution in [0.4, 0.5) is 0 Å². The quantitative estimate of drug-likeness (QED) is 0.0183. The zero-order valence-corrected chi connectivity index (χ0v) is 34.4. The highest BCUT2D eigenvalue weighted by Crippen LogP contribution is 2.43. The number of hydrogen-bond acceptors (Lipinski definition) is 8. The van der Waals surface area contributed by atoms with Crippen LogP contribution in [-0.2, 0) is 27.9 Å². The number of esters is 1. The summed E-state index contributed by atoms with van der Waals surface area (Å²) >= 11 is 0. The van der Waals surface area contributed by atoms with Gasteiger partial charge < -0.3 is 24.6 Å².